The van der Waals surface area contributed by atoms with Gasteiger partial charge in [0.25, 0.3) is 0 Å². The SMILES string of the molecule is Cl.OC(CC(c1ccccc1)c1ccccc1)CN1CCCC1. The number of rotatable bonds is 6. The minimum atomic E-state index is -0.275. The zero-order chi connectivity index (χ0) is 15.2. The molecule has 1 heterocycles. The summed E-state index contributed by atoms with van der Waals surface area (Å²) in [5, 5.41) is 10.6. The van der Waals surface area contributed by atoms with Gasteiger partial charge in [-0.05, 0) is 43.5 Å². The zero-order valence-electron chi connectivity index (χ0n) is 13.5. The summed E-state index contributed by atoms with van der Waals surface area (Å²) in [6, 6.07) is 21.1. The Hall–Kier alpha value is -1.35. The highest BCUT2D eigenvalue weighted by Crippen LogP contribution is 2.29. The van der Waals surface area contributed by atoms with Crippen LogP contribution >= 0.6 is 12.4 Å². The lowest BCUT2D eigenvalue weighted by Crippen LogP contribution is -2.31. The van der Waals surface area contributed by atoms with Crippen LogP contribution in [0.5, 0.6) is 0 Å². The zero-order valence-corrected chi connectivity index (χ0v) is 14.3. The smallest absolute Gasteiger partial charge is 0.0676 e. The van der Waals surface area contributed by atoms with Crippen molar-refractivity contribution in [2.75, 3.05) is 19.6 Å². The van der Waals surface area contributed by atoms with Crippen LogP contribution in [0.15, 0.2) is 60.7 Å². The molecule has 0 bridgehead atoms. The topological polar surface area (TPSA) is 23.5 Å². The summed E-state index contributed by atoms with van der Waals surface area (Å²) in [5.74, 6) is 0.264. The van der Waals surface area contributed by atoms with Crippen molar-refractivity contribution < 1.29 is 5.11 Å². The van der Waals surface area contributed by atoms with Gasteiger partial charge in [0.2, 0.25) is 0 Å². The van der Waals surface area contributed by atoms with E-state index in [2.05, 4.69) is 53.4 Å². The van der Waals surface area contributed by atoms with Crippen molar-refractivity contribution in [1.82, 2.24) is 4.90 Å². The quantitative estimate of drug-likeness (QED) is 0.862. The Bertz CT molecular complexity index is 515. The van der Waals surface area contributed by atoms with E-state index in [0.717, 1.165) is 26.1 Å². The summed E-state index contributed by atoms with van der Waals surface area (Å²) in [5.41, 5.74) is 2.57. The third-order valence-electron chi connectivity index (χ3n) is 4.58. The number of benzene rings is 2. The molecule has 124 valence electrons. The molecule has 0 radical (unpaired) electrons. The molecule has 1 unspecified atom stereocenters. The maximum atomic E-state index is 10.6. The molecule has 3 heteroatoms. The molecular weight excluding hydrogens is 306 g/mol. The lowest BCUT2D eigenvalue weighted by Gasteiger charge is -2.24. The molecule has 3 rings (SSSR count). The van der Waals surface area contributed by atoms with E-state index >= 15 is 0 Å². The van der Waals surface area contributed by atoms with Gasteiger partial charge in [-0.3, -0.25) is 0 Å². The van der Waals surface area contributed by atoms with Crippen molar-refractivity contribution in [2.45, 2.75) is 31.3 Å². The Kier molecular flexibility index (Phi) is 7.10. The van der Waals surface area contributed by atoms with Gasteiger partial charge in [0, 0.05) is 12.5 Å². The molecule has 1 aliphatic heterocycles. The van der Waals surface area contributed by atoms with Crippen LogP contribution in [-0.4, -0.2) is 35.7 Å². The standard InChI is InChI=1S/C20H25NO.ClH/c22-19(16-21-13-7-8-14-21)15-20(17-9-3-1-4-10-17)18-11-5-2-6-12-18;/h1-6,9-12,19-20,22H,7-8,13-16H2;1H. The first kappa shape index (κ1) is 18.0. The van der Waals surface area contributed by atoms with Gasteiger partial charge in [-0.2, -0.15) is 0 Å². The van der Waals surface area contributed by atoms with Gasteiger partial charge in [0.15, 0.2) is 0 Å². The van der Waals surface area contributed by atoms with Crippen LogP contribution in [0.1, 0.15) is 36.3 Å². The van der Waals surface area contributed by atoms with Crippen molar-refractivity contribution >= 4 is 12.4 Å². The van der Waals surface area contributed by atoms with Crippen LogP contribution in [0.25, 0.3) is 0 Å². The van der Waals surface area contributed by atoms with Crippen LogP contribution in [-0.2, 0) is 0 Å². The van der Waals surface area contributed by atoms with Crippen molar-refractivity contribution in [3.63, 3.8) is 0 Å². The third kappa shape index (κ3) is 5.07. The van der Waals surface area contributed by atoms with Crippen molar-refractivity contribution in [3.05, 3.63) is 71.8 Å². The Morgan fingerprint density at radius 2 is 1.30 bits per heavy atom. The minimum Gasteiger partial charge on any atom is -0.392 e. The van der Waals surface area contributed by atoms with Gasteiger partial charge in [-0.15, -0.1) is 12.4 Å². The van der Waals surface area contributed by atoms with E-state index in [1.54, 1.807) is 0 Å². The number of aliphatic hydroxyl groups excluding tert-OH is 1. The maximum absolute atomic E-state index is 10.6. The predicted molar refractivity (Wildman–Crippen MR) is 98.3 cm³/mol. The highest BCUT2D eigenvalue weighted by molar-refractivity contribution is 5.85. The van der Waals surface area contributed by atoms with E-state index in [1.807, 2.05) is 12.1 Å². The molecular formula is C20H26ClNO. The van der Waals surface area contributed by atoms with Gasteiger partial charge in [-0.1, -0.05) is 60.7 Å². The number of hydrogen-bond acceptors (Lipinski definition) is 2. The maximum Gasteiger partial charge on any atom is 0.0676 e. The Labute approximate surface area is 145 Å². The van der Waals surface area contributed by atoms with Crippen LogP contribution in [0.2, 0.25) is 0 Å². The summed E-state index contributed by atoms with van der Waals surface area (Å²) < 4.78 is 0. The number of halogens is 1. The van der Waals surface area contributed by atoms with Crippen LogP contribution in [0, 0.1) is 0 Å². The van der Waals surface area contributed by atoms with E-state index in [1.165, 1.54) is 24.0 Å². The average molecular weight is 332 g/mol. The molecule has 2 aromatic rings. The molecule has 23 heavy (non-hydrogen) atoms. The number of nitrogens with zero attached hydrogens (tertiary/aromatic N) is 1. The summed E-state index contributed by atoms with van der Waals surface area (Å²) in [7, 11) is 0. The van der Waals surface area contributed by atoms with Crippen LogP contribution in [0.3, 0.4) is 0 Å². The Morgan fingerprint density at radius 1 is 0.826 bits per heavy atom. The van der Waals surface area contributed by atoms with Crippen LogP contribution < -0.4 is 0 Å². The van der Waals surface area contributed by atoms with E-state index in [4.69, 9.17) is 0 Å². The van der Waals surface area contributed by atoms with Crippen LogP contribution in [0.4, 0.5) is 0 Å². The lowest BCUT2D eigenvalue weighted by atomic mass is 9.86. The molecule has 1 saturated heterocycles. The molecule has 0 aliphatic carbocycles. The first-order chi connectivity index (χ1) is 10.8. The average Bonchev–Trinajstić information content (AvgIpc) is 3.07. The van der Waals surface area contributed by atoms with Gasteiger partial charge >= 0.3 is 0 Å². The monoisotopic (exact) mass is 331 g/mol. The number of aliphatic hydroxyl groups is 1. The molecule has 1 aliphatic rings. The van der Waals surface area contributed by atoms with Crippen molar-refractivity contribution in [3.8, 4) is 0 Å². The second-order valence-electron chi connectivity index (χ2n) is 6.27. The fraction of sp³-hybridized carbons (Fsp3) is 0.400. The second kappa shape index (κ2) is 9.07. The van der Waals surface area contributed by atoms with E-state index in [-0.39, 0.29) is 24.4 Å². The first-order valence-corrected chi connectivity index (χ1v) is 8.33. The molecule has 1 N–H and O–H groups in total. The fourth-order valence-corrected chi connectivity index (χ4v) is 3.45. The predicted octanol–water partition coefficient (Wildman–Crippen LogP) is 4.09. The third-order valence-corrected chi connectivity index (χ3v) is 4.58. The van der Waals surface area contributed by atoms with E-state index < -0.39 is 0 Å². The molecule has 1 atom stereocenters. The largest absolute Gasteiger partial charge is 0.392 e. The molecule has 2 nitrogen and oxygen atoms in total. The fourth-order valence-electron chi connectivity index (χ4n) is 3.45. The molecule has 1 fully saturated rings. The van der Waals surface area contributed by atoms with Gasteiger partial charge in [0.1, 0.15) is 0 Å². The van der Waals surface area contributed by atoms with E-state index in [0.29, 0.717) is 0 Å². The minimum absolute atomic E-state index is 0. The van der Waals surface area contributed by atoms with Gasteiger partial charge in [0.05, 0.1) is 6.10 Å². The van der Waals surface area contributed by atoms with Crippen molar-refractivity contribution in [1.29, 1.82) is 0 Å². The Balaban J connectivity index is 0.00000192. The van der Waals surface area contributed by atoms with Gasteiger partial charge < -0.3 is 10.0 Å². The molecule has 0 amide bonds. The lowest BCUT2D eigenvalue weighted by molar-refractivity contribution is 0.113. The number of hydrogen-bond donors (Lipinski definition) is 1. The molecule has 2 aromatic carbocycles. The Morgan fingerprint density at radius 3 is 1.78 bits per heavy atom. The summed E-state index contributed by atoms with van der Waals surface area (Å²) in [4.78, 5) is 2.39. The second-order valence-corrected chi connectivity index (χ2v) is 6.27. The summed E-state index contributed by atoms with van der Waals surface area (Å²) >= 11 is 0. The molecule has 0 aromatic heterocycles. The highest BCUT2D eigenvalue weighted by Gasteiger charge is 2.21. The normalized spacial score (nSPS) is 16.3. The summed E-state index contributed by atoms with van der Waals surface area (Å²) in [6.07, 6.45) is 3.05. The van der Waals surface area contributed by atoms with Crippen molar-refractivity contribution in [2.24, 2.45) is 0 Å². The van der Waals surface area contributed by atoms with E-state index in [9.17, 15) is 5.11 Å². The molecule has 0 saturated carbocycles. The molecule has 0 spiro atoms. The number of β-amino-alcohol motifs (C(OH)–C–C–N with tert-alkyl or cyclic N) is 1. The van der Waals surface area contributed by atoms with Gasteiger partial charge in [-0.25, -0.2) is 0 Å². The first-order valence-electron chi connectivity index (χ1n) is 8.33. The summed E-state index contributed by atoms with van der Waals surface area (Å²) in [6.45, 7) is 3.08. The highest BCUT2D eigenvalue weighted by atomic mass is 35.5. The number of likely N-dealkylation sites (tertiary alicyclic amines) is 1.